The van der Waals surface area contributed by atoms with Crippen molar-refractivity contribution in [2.75, 3.05) is 13.2 Å². The van der Waals surface area contributed by atoms with Crippen LogP contribution >= 0.6 is 0 Å². The van der Waals surface area contributed by atoms with Gasteiger partial charge in [0.05, 0.1) is 12.3 Å². The summed E-state index contributed by atoms with van der Waals surface area (Å²) in [6, 6.07) is 3.97. The number of nitrogens with two attached hydrogens (primary N) is 1. The number of hydrogen-bond donors (Lipinski definition) is 1. The molecule has 0 amide bonds. The first-order chi connectivity index (χ1) is 7.67. The fraction of sp³-hybridized carbons (Fsp3) is 0.615. The summed E-state index contributed by atoms with van der Waals surface area (Å²) in [4.78, 5) is 4.46. The largest absolute Gasteiger partial charge is 0.491 e. The van der Waals surface area contributed by atoms with Gasteiger partial charge in [-0.05, 0) is 31.5 Å². The zero-order chi connectivity index (χ0) is 12.0. The average Bonchev–Trinajstić information content (AvgIpc) is 2.28. The van der Waals surface area contributed by atoms with E-state index in [4.69, 9.17) is 10.5 Å². The van der Waals surface area contributed by atoms with Gasteiger partial charge in [-0.25, -0.2) is 0 Å². The van der Waals surface area contributed by atoms with Crippen LogP contribution in [0.1, 0.15) is 31.7 Å². The summed E-state index contributed by atoms with van der Waals surface area (Å²) >= 11 is 0. The Bertz CT molecular complexity index is 326. The van der Waals surface area contributed by atoms with Crippen molar-refractivity contribution in [2.24, 2.45) is 11.7 Å². The zero-order valence-electron chi connectivity index (χ0n) is 10.5. The lowest BCUT2D eigenvalue weighted by molar-refractivity contribution is 0.253. The molecule has 1 aromatic heterocycles. The number of pyridine rings is 1. The second-order valence-corrected chi connectivity index (χ2v) is 4.26. The topological polar surface area (TPSA) is 48.1 Å². The number of hydrogen-bond acceptors (Lipinski definition) is 3. The fourth-order valence-electron chi connectivity index (χ4n) is 1.39. The Morgan fingerprint density at radius 1 is 1.44 bits per heavy atom. The average molecular weight is 222 g/mol. The molecule has 3 heteroatoms. The fourth-order valence-corrected chi connectivity index (χ4v) is 1.39. The van der Waals surface area contributed by atoms with Crippen molar-refractivity contribution in [3.63, 3.8) is 0 Å². The molecule has 1 rings (SSSR count). The SMILES string of the molecule is CCC(C)COc1ccc(C)nc1CCN. The Labute approximate surface area is 98.0 Å². The third kappa shape index (κ3) is 3.81. The summed E-state index contributed by atoms with van der Waals surface area (Å²) in [5.74, 6) is 1.46. The molecule has 1 aromatic rings. The Balaban J connectivity index is 2.70. The molecule has 3 nitrogen and oxygen atoms in total. The van der Waals surface area contributed by atoms with Gasteiger partial charge in [0, 0.05) is 12.1 Å². The number of ether oxygens (including phenoxy) is 1. The molecule has 1 unspecified atom stereocenters. The molecule has 0 saturated heterocycles. The molecular weight excluding hydrogens is 200 g/mol. The Morgan fingerprint density at radius 3 is 2.81 bits per heavy atom. The normalized spacial score (nSPS) is 12.5. The van der Waals surface area contributed by atoms with Gasteiger partial charge in [0.2, 0.25) is 0 Å². The second-order valence-electron chi connectivity index (χ2n) is 4.26. The van der Waals surface area contributed by atoms with E-state index in [-0.39, 0.29) is 0 Å². The van der Waals surface area contributed by atoms with Crippen molar-refractivity contribution in [1.82, 2.24) is 4.98 Å². The molecule has 0 saturated carbocycles. The highest BCUT2D eigenvalue weighted by Crippen LogP contribution is 2.18. The maximum absolute atomic E-state index is 5.78. The van der Waals surface area contributed by atoms with E-state index in [1.54, 1.807) is 0 Å². The lowest BCUT2D eigenvalue weighted by atomic mass is 10.1. The minimum atomic E-state index is 0.576. The van der Waals surface area contributed by atoms with E-state index in [9.17, 15) is 0 Å². The standard InChI is InChI=1S/C13H22N2O/c1-4-10(2)9-16-13-6-5-11(3)15-12(13)7-8-14/h5-6,10H,4,7-9,14H2,1-3H3. The highest BCUT2D eigenvalue weighted by atomic mass is 16.5. The zero-order valence-corrected chi connectivity index (χ0v) is 10.5. The molecule has 0 radical (unpaired) electrons. The molecule has 0 aromatic carbocycles. The third-order valence-corrected chi connectivity index (χ3v) is 2.67. The summed E-state index contributed by atoms with van der Waals surface area (Å²) in [5, 5.41) is 0. The summed E-state index contributed by atoms with van der Waals surface area (Å²) < 4.78 is 5.78. The third-order valence-electron chi connectivity index (χ3n) is 2.67. The van der Waals surface area contributed by atoms with Crippen molar-refractivity contribution >= 4 is 0 Å². The predicted molar refractivity (Wildman–Crippen MR) is 66.7 cm³/mol. The maximum Gasteiger partial charge on any atom is 0.140 e. The Hall–Kier alpha value is -1.09. The molecule has 1 heterocycles. The highest BCUT2D eigenvalue weighted by Gasteiger charge is 2.07. The van der Waals surface area contributed by atoms with Gasteiger partial charge in [0.1, 0.15) is 5.75 Å². The van der Waals surface area contributed by atoms with Crippen LogP contribution in [0, 0.1) is 12.8 Å². The van der Waals surface area contributed by atoms with Crippen molar-refractivity contribution in [3.8, 4) is 5.75 Å². The van der Waals surface area contributed by atoms with Crippen LogP contribution in [0.4, 0.5) is 0 Å². The van der Waals surface area contributed by atoms with Crippen molar-refractivity contribution in [3.05, 3.63) is 23.5 Å². The lowest BCUT2D eigenvalue weighted by Gasteiger charge is -2.14. The van der Waals surface area contributed by atoms with Gasteiger partial charge in [0.25, 0.3) is 0 Å². The van der Waals surface area contributed by atoms with E-state index in [0.717, 1.165) is 36.6 Å². The monoisotopic (exact) mass is 222 g/mol. The molecule has 0 aliphatic rings. The summed E-state index contributed by atoms with van der Waals surface area (Å²) in [5.41, 5.74) is 7.56. The van der Waals surface area contributed by atoms with Crippen LogP contribution in [-0.2, 0) is 6.42 Å². The molecule has 0 aliphatic heterocycles. The van der Waals surface area contributed by atoms with Gasteiger partial charge in [-0.15, -0.1) is 0 Å². The van der Waals surface area contributed by atoms with Gasteiger partial charge < -0.3 is 10.5 Å². The minimum Gasteiger partial charge on any atom is -0.491 e. The Kier molecular flexibility index (Phi) is 5.26. The van der Waals surface area contributed by atoms with Crippen molar-refractivity contribution < 1.29 is 4.74 Å². The Morgan fingerprint density at radius 2 is 2.19 bits per heavy atom. The van der Waals surface area contributed by atoms with E-state index in [1.165, 1.54) is 0 Å². The van der Waals surface area contributed by atoms with E-state index in [2.05, 4.69) is 18.8 Å². The minimum absolute atomic E-state index is 0.576. The molecule has 1 atom stereocenters. The predicted octanol–water partition coefficient (Wildman–Crippen LogP) is 2.32. The number of nitrogens with zero attached hydrogens (tertiary/aromatic N) is 1. The first kappa shape index (κ1) is 13.0. The summed E-state index contributed by atoms with van der Waals surface area (Å²) in [7, 11) is 0. The molecule has 0 aliphatic carbocycles. The molecular formula is C13H22N2O. The van der Waals surface area contributed by atoms with Crippen LogP contribution in [0.15, 0.2) is 12.1 Å². The summed E-state index contributed by atoms with van der Waals surface area (Å²) in [6.45, 7) is 7.69. The smallest absolute Gasteiger partial charge is 0.140 e. The van der Waals surface area contributed by atoms with E-state index in [0.29, 0.717) is 12.5 Å². The van der Waals surface area contributed by atoms with E-state index >= 15 is 0 Å². The van der Waals surface area contributed by atoms with Crippen LogP contribution in [0.3, 0.4) is 0 Å². The quantitative estimate of drug-likeness (QED) is 0.803. The first-order valence-electron chi connectivity index (χ1n) is 5.96. The first-order valence-corrected chi connectivity index (χ1v) is 5.96. The van der Waals surface area contributed by atoms with Crippen LogP contribution in [0.2, 0.25) is 0 Å². The van der Waals surface area contributed by atoms with Crippen LogP contribution in [0.5, 0.6) is 5.75 Å². The van der Waals surface area contributed by atoms with Crippen molar-refractivity contribution in [1.29, 1.82) is 0 Å². The van der Waals surface area contributed by atoms with Gasteiger partial charge >= 0.3 is 0 Å². The van der Waals surface area contributed by atoms with Crippen LogP contribution in [-0.4, -0.2) is 18.1 Å². The summed E-state index contributed by atoms with van der Waals surface area (Å²) in [6.07, 6.45) is 1.91. The van der Waals surface area contributed by atoms with E-state index < -0.39 is 0 Å². The maximum atomic E-state index is 5.78. The molecule has 90 valence electrons. The molecule has 16 heavy (non-hydrogen) atoms. The van der Waals surface area contributed by atoms with E-state index in [1.807, 2.05) is 19.1 Å². The van der Waals surface area contributed by atoms with Gasteiger partial charge in [-0.1, -0.05) is 20.3 Å². The molecule has 2 N–H and O–H groups in total. The molecule has 0 bridgehead atoms. The second kappa shape index (κ2) is 6.48. The van der Waals surface area contributed by atoms with Gasteiger partial charge in [0.15, 0.2) is 0 Å². The number of rotatable bonds is 6. The highest BCUT2D eigenvalue weighted by molar-refractivity contribution is 5.29. The van der Waals surface area contributed by atoms with Gasteiger partial charge in [-0.2, -0.15) is 0 Å². The van der Waals surface area contributed by atoms with Crippen molar-refractivity contribution in [2.45, 2.75) is 33.6 Å². The van der Waals surface area contributed by atoms with Gasteiger partial charge in [-0.3, -0.25) is 4.98 Å². The van der Waals surface area contributed by atoms with Crippen LogP contribution < -0.4 is 10.5 Å². The number of aryl methyl sites for hydroxylation is 1. The molecule has 0 spiro atoms. The van der Waals surface area contributed by atoms with Crippen LogP contribution in [0.25, 0.3) is 0 Å². The number of aromatic nitrogens is 1. The molecule has 0 fully saturated rings. The lowest BCUT2D eigenvalue weighted by Crippen LogP contribution is -2.11.